The summed E-state index contributed by atoms with van der Waals surface area (Å²) >= 11 is 0. The third kappa shape index (κ3) is 2.36. The van der Waals surface area contributed by atoms with Gasteiger partial charge in [-0.25, -0.2) is 0 Å². The quantitative estimate of drug-likeness (QED) is 0.743. The predicted octanol–water partition coefficient (Wildman–Crippen LogP) is 3.33. The normalized spacial score (nSPS) is 32.8. The molecule has 0 aromatic rings. The van der Waals surface area contributed by atoms with Crippen LogP contribution in [0.1, 0.15) is 57.8 Å². The van der Waals surface area contributed by atoms with Crippen LogP contribution in [0.5, 0.6) is 0 Å². The molecule has 17 heavy (non-hydrogen) atoms. The van der Waals surface area contributed by atoms with Crippen LogP contribution < -0.4 is 0 Å². The van der Waals surface area contributed by atoms with Gasteiger partial charge in [-0.2, -0.15) is 5.26 Å². The number of nitrogens with zero attached hydrogens (tertiary/aromatic N) is 2. The molecule has 0 amide bonds. The third-order valence-corrected chi connectivity index (χ3v) is 5.31. The molecule has 0 bridgehead atoms. The Kier molecular flexibility index (Phi) is 3.13. The fourth-order valence-electron chi connectivity index (χ4n) is 4.09. The Morgan fingerprint density at radius 2 is 1.88 bits per heavy atom. The molecule has 2 aliphatic carbocycles. The van der Waals surface area contributed by atoms with E-state index >= 15 is 0 Å². The molecule has 1 atom stereocenters. The van der Waals surface area contributed by atoms with E-state index in [4.69, 9.17) is 5.26 Å². The second-order valence-corrected chi connectivity index (χ2v) is 6.56. The zero-order valence-electron chi connectivity index (χ0n) is 10.8. The van der Waals surface area contributed by atoms with E-state index in [2.05, 4.69) is 11.0 Å². The summed E-state index contributed by atoms with van der Waals surface area (Å²) in [6.45, 7) is 2.52. The maximum atomic E-state index is 8.92. The summed E-state index contributed by atoms with van der Waals surface area (Å²) in [6, 6.07) is 3.27. The van der Waals surface area contributed by atoms with Crippen molar-refractivity contribution in [1.82, 2.24) is 4.90 Å². The lowest BCUT2D eigenvalue weighted by Crippen LogP contribution is -2.38. The summed E-state index contributed by atoms with van der Waals surface area (Å²) in [5, 5.41) is 8.92. The van der Waals surface area contributed by atoms with Crippen molar-refractivity contribution >= 4 is 0 Å². The molecule has 1 saturated heterocycles. The van der Waals surface area contributed by atoms with Crippen molar-refractivity contribution in [3.63, 3.8) is 0 Å². The van der Waals surface area contributed by atoms with Crippen LogP contribution in [0.2, 0.25) is 0 Å². The van der Waals surface area contributed by atoms with Crippen LogP contribution in [0.4, 0.5) is 0 Å². The van der Waals surface area contributed by atoms with E-state index in [0.717, 1.165) is 18.4 Å². The van der Waals surface area contributed by atoms with Crippen molar-refractivity contribution in [3.8, 4) is 6.07 Å². The average Bonchev–Trinajstić information content (AvgIpc) is 2.77. The van der Waals surface area contributed by atoms with Gasteiger partial charge in [0.1, 0.15) is 0 Å². The summed E-state index contributed by atoms with van der Waals surface area (Å²) in [7, 11) is 0. The molecular formula is C15H24N2. The summed E-state index contributed by atoms with van der Waals surface area (Å²) in [6.07, 6.45) is 12.1. The Morgan fingerprint density at radius 3 is 2.53 bits per heavy atom. The Balaban J connectivity index is 1.60. The van der Waals surface area contributed by atoms with Gasteiger partial charge in [-0.1, -0.05) is 12.8 Å². The fraction of sp³-hybridized carbons (Fsp3) is 0.933. The van der Waals surface area contributed by atoms with Gasteiger partial charge in [-0.15, -0.1) is 0 Å². The first kappa shape index (κ1) is 11.5. The van der Waals surface area contributed by atoms with Crippen LogP contribution in [-0.4, -0.2) is 24.0 Å². The van der Waals surface area contributed by atoms with Crippen LogP contribution >= 0.6 is 0 Å². The molecule has 3 fully saturated rings. The maximum absolute atomic E-state index is 8.92. The van der Waals surface area contributed by atoms with Crippen LogP contribution in [0.15, 0.2) is 0 Å². The van der Waals surface area contributed by atoms with Crippen molar-refractivity contribution in [3.05, 3.63) is 0 Å². The summed E-state index contributed by atoms with van der Waals surface area (Å²) in [4.78, 5) is 2.75. The molecule has 2 nitrogen and oxygen atoms in total. The zero-order valence-corrected chi connectivity index (χ0v) is 10.8. The smallest absolute Gasteiger partial charge is 0.0628 e. The Hall–Kier alpha value is -0.550. The van der Waals surface area contributed by atoms with Gasteiger partial charge in [0, 0.05) is 19.0 Å². The first-order valence-corrected chi connectivity index (χ1v) is 7.44. The number of hydrogen-bond acceptors (Lipinski definition) is 2. The maximum Gasteiger partial charge on any atom is 0.0628 e. The second-order valence-electron chi connectivity index (χ2n) is 6.56. The molecule has 3 aliphatic rings. The topological polar surface area (TPSA) is 27.0 Å². The fourth-order valence-corrected chi connectivity index (χ4v) is 4.09. The highest BCUT2D eigenvalue weighted by Crippen LogP contribution is 2.50. The standard InChI is InChI=1S/C15H24N2/c16-10-9-15(7-8-15)12-17-11-3-6-14(17)13-4-1-2-5-13/h13-14H,1-9,11-12H2. The molecule has 0 spiro atoms. The first-order valence-electron chi connectivity index (χ1n) is 7.44. The zero-order chi connectivity index (χ0) is 11.7. The van der Waals surface area contributed by atoms with E-state index in [0.29, 0.717) is 5.41 Å². The molecule has 1 unspecified atom stereocenters. The molecule has 0 radical (unpaired) electrons. The van der Waals surface area contributed by atoms with E-state index in [1.165, 1.54) is 64.5 Å². The van der Waals surface area contributed by atoms with Crippen molar-refractivity contribution in [1.29, 1.82) is 5.26 Å². The molecule has 0 aromatic heterocycles. The van der Waals surface area contributed by atoms with Gasteiger partial charge in [-0.3, -0.25) is 4.90 Å². The minimum Gasteiger partial charge on any atom is -0.300 e. The number of nitriles is 1. The minimum atomic E-state index is 0.413. The Labute approximate surface area is 105 Å². The highest BCUT2D eigenvalue weighted by atomic mass is 15.2. The number of hydrogen-bond donors (Lipinski definition) is 0. The molecule has 3 rings (SSSR count). The molecule has 1 aliphatic heterocycles. The summed E-state index contributed by atoms with van der Waals surface area (Å²) in [5.74, 6) is 0.982. The molecule has 1 heterocycles. The Bertz CT molecular complexity index is 307. The lowest BCUT2D eigenvalue weighted by Gasteiger charge is -2.32. The minimum absolute atomic E-state index is 0.413. The molecule has 2 heteroatoms. The van der Waals surface area contributed by atoms with Gasteiger partial charge >= 0.3 is 0 Å². The van der Waals surface area contributed by atoms with Gasteiger partial charge in [0.05, 0.1) is 6.07 Å². The molecular weight excluding hydrogens is 208 g/mol. The highest BCUT2D eigenvalue weighted by Gasteiger charge is 2.46. The number of rotatable bonds is 4. The van der Waals surface area contributed by atoms with Crippen molar-refractivity contribution in [2.24, 2.45) is 11.3 Å². The second kappa shape index (κ2) is 4.61. The Morgan fingerprint density at radius 1 is 1.12 bits per heavy atom. The largest absolute Gasteiger partial charge is 0.300 e. The van der Waals surface area contributed by atoms with E-state index in [-0.39, 0.29) is 0 Å². The van der Waals surface area contributed by atoms with Crippen molar-refractivity contribution in [2.75, 3.05) is 13.1 Å². The van der Waals surface area contributed by atoms with Crippen molar-refractivity contribution in [2.45, 2.75) is 63.8 Å². The van der Waals surface area contributed by atoms with Crippen LogP contribution in [0, 0.1) is 22.7 Å². The third-order valence-electron chi connectivity index (χ3n) is 5.31. The van der Waals surface area contributed by atoms with E-state index in [9.17, 15) is 0 Å². The van der Waals surface area contributed by atoms with Gasteiger partial charge in [0.2, 0.25) is 0 Å². The monoisotopic (exact) mass is 232 g/mol. The first-order chi connectivity index (χ1) is 8.33. The summed E-state index contributed by atoms with van der Waals surface area (Å²) in [5.41, 5.74) is 0.413. The molecule has 94 valence electrons. The van der Waals surface area contributed by atoms with Crippen LogP contribution in [0.25, 0.3) is 0 Å². The predicted molar refractivity (Wildman–Crippen MR) is 68.5 cm³/mol. The van der Waals surface area contributed by atoms with E-state index in [1.54, 1.807) is 0 Å². The number of likely N-dealkylation sites (tertiary alicyclic amines) is 1. The molecule has 2 saturated carbocycles. The highest BCUT2D eigenvalue weighted by molar-refractivity contribution is 5.03. The lowest BCUT2D eigenvalue weighted by molar-refractivity contribution is 0.158. The van der Waals surface area contributed by atoms with Gasteiger partial charge in [0.25, 0.3) is 0 Å². The molecule has 0 aromatic carbocycles. The van der Waals surface area contributed by atoms with Gasteiger partial charge < -0.3 is 0 Å². The van der Waals surface area contributed by atoms with Crippen LogP contribution in [-0.2, 0) is 0 Å². The SMILES string of the molecule is N#CCC1(CN2CCCC2C2CCCC2)CC1. The average molecular weight is 232 g/mol. The van der Waals surface area contributed by atoms with Gasteiger partial charge in [-0.05, 0) is 56.4 Å². The van der Waals surface area contributed by atoms with Gasteiger partial charge in [0.15, 0.2) is 0 Å². The van der Waals surface area contributed by atoms with E-state index < -0.39 is 0 Å². The summed E-state index contributed by atoms with van der Waals surface area (Å²) < 4.78 is 0. The van der Waals surface area contributed by atoms with Crippen LogP contribution in [0.3, 0.4) is 0 Å². The van der Waals surface area contributed by atoms with Crippen molar-refractivity contribution < 1.29 is 0 Å². The molecule has 0 N–H and O–H groups in total. The van der Waals surface area contributed by atoms with E-state index in [1.807, 2.05) is 0 Å². The lowest BCUT2D eigenvalue weighted by atomic mass is 9.94.